The largest absolute Gasteiger partial charge is 0.495 e. The molecule has 20 heavy (non-hydrogen) atoms. The first-order valence-corrected chi connectivity index (χ1v) is 6.71. The van der Waals surface area contributed by atoms with Gasteiger partial charge in [0.2, 0.25) is 0 Å². The van der Waals surface area contributed by atoms with Crippen LogP contribution in [0.5, 0.6) is 5.75 Å². The minimum Gasteiger partial charge on any atom is -0.495 e. The molecule has 0 aliphatic rings. The van der Waals surface area contributed by atoms with E-state index in [1.807, 2.05) is 0 Å². The standard InChI is InChI=1S/C15H24N2O3/c1-11(2)10-17(7-8-19-3)15(18)12-5-6-13(16)14(9-12)20-4/h5-6,9,11H,7-8,10,16H2,1-4H3. The van der Waals surface area contributed by atoms with E-state index in [1.165, 1.54) is 7.11 Å². The molecule has 0 radical (unpaired) electrons. The quantitative estimate of drug-likeness (QED) is 0.776. The zero-order valence-corrected chi connectivity index (χ0v) is 12.7. The number of nitrogens with two attached hydrogens (primary N) is 1. The van der Waals surface area contributed by atoms with Crippen molar-refractivity contribution in [3.63, 3.8) is 0 Å². The molecule has 5 heteroatoms. The third-order valence-corrected chi connectivity index (χ3v) is 2.92. The van der Waals surface area contributed by atoms with E-state index in [2.05, 4.69) is 13.8 Å². The highest BCUT2D eigenvalue weighted by molar-refractivity contribution is 5.95. The molecule has 0 aromatic heterocycles. The molecule has 0 heterocycles. The molecule has 1 rings (SSSR count). The van der Waals surface area contributed by atoms with Crippen LogP contribution < -0.4 is 10.5 Å². The number of hydrogen-bond acceptors (Lipinski definition) is 4. The van der Waals surface area contributed by atoms with Crippen LogP contribution >= 0.6 is 0 Å². The maximum Gasteiger partial charge on any atom is 0.254 e. The third kappa shape index (κ3) is 4.42. The smallest absolute Gasteiger partial charge is 0.254 e. The van der Waals surface area contributed by atoms with Crippen molar-refractivity contribution in [1.82, 2.24) is 4.90 Å². The Morgan fingerprint density at radius 2 is 2.05 bits per heavy atom. The van der Waals surface area contributed by atoms with Crippen molar-refractivity contribution < 1.29 is 14.3 Å². The highest BCUT2D eigenvalue weighted by Gasteiger charge is 2.17. The van der Waals surface area contributed by atoms with E-state index in [0.717, 1.165) is 0 Å². The van der Waals surface area contributed by atoms with Crippen molar-refractivity contribution in [2.75, 3.05) is 39.6 Å². The number of amides is 1. The number of anilines is 1. The van der Waals surface area contributed by atoms with E-state index in [1.54, 1.807) is 30.2 Å². The molecule has 0 fully saturated rings. The van der Waals surface area contributed by atoms with E-state index in [4.69, 9.17) is 15.2 Å². The first kappa shape index (κ1) is 16.3. The van der Waals surface area contributed by atoms with Crippen molar-refractivity contribution in [1.29, 1.82) is 0 Å². The van der Waals surface area contributed by atoms with Gasteiger partial charge in [0.1, 0.15) is 5.75 Å². The SMILES string of the molecule is COCCN(CC(C)C)C(=O)c1ccc(N)c(OC)c1. The highest BCUT2D eigenvalue weighted by atomic mass is 16.5. The molecule has 1 aromatic rings. The van der Waals surface area contributed by atoms with Crippen LogP contribution in [0.4, 0.5) is 5.69 Å². The molecule has 5 nitrogen and oxygen atoms in total. The first-order valence-electron chi connectivity index (χ1n) is 6.71. The summed E-state index contributed by atoms with van der Waals surface area (Å²) < 4.78 is 10.2. The van der Waals surface area contributed by atoms with Crippen molar-refractivity contribution in [3.05, 3.63) is 23.8 Å². The molecule has 1 amide bonds. The van der Waals surface area contributed by atoms with Crippen LogP contribution in [0, 0.1) is 5.92 Å². The average molecular weight is 280 g/mol. The van der Waals surface area contributed by atoms with E-state index < -0.39 is 0 Å². The Kier molecular flexibility index (Phi) is 6.31. The van der Waals surface area contributed by atoms with Crippen molar-refractivity contribution >= 4 is 11.6 Å². The van der Waals surface area contributed by atoms with Crippen molar-refractivity contribution in [3.8, 4) is 5.75 Å². The summed E-state index contributed by atoms with van der Waals surface area (Å²) in [7, 11) is 3.17. The minimum absolute atomic E-state index is 0.0333. The van der Waals surface area contributed by atoms with Gasteiger partial charge in [-0.3, -0.25) is 4.79 Å². The number of carbonyl (C=O) groups is 1. The molecule has 1 aromatic carbocycles. The third-order valence-electron chi connectivity index (χ3n) is 2.92. The van der Waals surface area contributed by atoms with Gasteiger partial charge in [0.15, 0.2) is 0 Å². The van der Waals surface area contributed by atoms with Crippen molar-refractivity contribution in [2.24, 2.45) is 5.92 Å². The maximum atomic E-state index is 12.5. The monoisotopic (exact) mass is 280 g/mol. The zero-order valence-electron chi connectivity index (χ0n) is 12.7. The topological polar surface area (TPSA) is 64.8 Å². The fourth-order valence-corrected chi connectivity index (χ4v) is 1.94. The lowest BCUT2D eigenvalue weighted by atomic mass is 10.1. The van der Waals surface area contributed by atoms with E-state index >= 15 is 0 Å². The number of carbonyl (C=O) groups excluding carboxylic acids is 1. The molecule has 0 saturated heterocycles. The Labute approximate surface area is 120 Å². The fourth-order valence-electron chi connectivity index (χ4n) is 1.94. The van der Waals surface area contributed by atoms with Crippen LogP contribution in [0.3, 0.4) is 0 Å². The van der Waals surface area contributed by atoms with Crippen LogP contribution in [0.1, 0.15) is 24.2 Å². The minimum atomic E-state index is -0.0333. The predicted molar refractivity (Wildman–Crippen MR) is 80.0 cm³/mol. The molecule has 112 valence electrons. The Balaban J connectivity index is 2.92. The van der Waals surface area contributed by atoms with Gasteiger partial charge in [-0.15, -0.1) is 0 Å². The lowest BCUT2D eigenvalue weighted by molar-refractivity contribution is 0.0672. The van der Waals surface area contributed by atoms with Crippen molar-refractivity contribution in [2.45, 2.75) is 13.8 Å². The Morgan fingerprint density at radius 3 is 2.60 bits per heavy atom. The summed E-state index contributed by atoms with van der Waals surface area (Å²) in [5, 5.41) is 0. The van der Waals surface area contributed by atoms with Gasteiger partial charge >= 0.3 is 0 Å². The number of nitrogens with zero attached hydrogens (tertiary/aromatic N) is 1. The summed E-state index contributed by atoms with van der Waals surface area (Å²) in [6.45, 7) is 5.94. The molecule has 2 N–H and O–H groups in total. The average Bonchev–Trinajstić information content (AvgIpc) is 2.42. The summed E-state index contributed by atoms with van der Waals surface area (Å²) in [6.07, 6.45) is 0. The molecule has 0 spiro atoms. The molecule has 0 aliphatic heterocycles. The Morgan fingerprint density at radius 1 is 1.35 bits per heavy atom. The molecule has 0 saturated carbocycles. The summed E-state index contributed by atoms with van der Waals surface area (Å²) in [5.74, 6) is 0.882. The summed E-state index contributed by atoms with van der Waals surface area (Å²) in [4.78, 5) is 14.3. The van der Waals surface area contributed by atoms with Gasteiger partial charge in [-0.05, 0) is 24.1 Å². The lowest BCUT2D eigenvalue weighted by Gasteiger charge is -2.24. The molecular formula is C15H24N2O3. The molecular weight excluding hydrogens is 256 g/mol. The lowest BCUT2D eigenvalue weighted by Crippen LogP contribution is -2.36. The zero-order chi connectivity index (χ0) is 15.1. The summed E-state index contributed by atoms with van der Waals surface area (Å²) in [5.41, 5.74) is 6.87. The van der Waals surface area contributed by atoms with Gasteiger partial charge < -0.3 is 20.1 Å². The number of ether oxygens (including phenoxy) is 2. The normalized spacial score (nSPS) is 10.7. The first-order chi connectivity index (χ1) is 9.49. The Hall–Kier alpha value is -1.75. The molecule has 0 atom stereocenters. The van der Waals surface area contributed by atoms with Crippen LogP contribution in [0.15, 0.2) is 18.2 Å². The fraction of sp³-hybridized carbons (Fsp3) is 0.533. The number of hydrogen-bond donors (Lipinski definition) is 1. The van der Waals surface area contributed by atoms with E-state index in [-0.39, 0.29) is 5.91 Å². The summed E-state index contributed by atoms with van der Waals surface area (Å²) in [6, 6.07) is 5.09. The molecule has 0 unspecified atom stereocenters. The van der Waals surface area contributed by atoms with Gasteiger partial charge in [0.25, 0.3) is 5.91 Å². The number of benzene rings is 1. The van der Waals surface area contributed by atoms with E-state index in [0.29, 0.717) is 42.6 Å². The Bertz CT molecular complexity index is 447. The highest BCUT2D eigenvalue weighted by Crippen LogP contribution is 2.23. The van der Waals surface area contributed by atoms with Gasteiger partial charge in [-0.25, -0.2) is 0 Å². The number of nitrogen functional groups attached to an aromatic ring is 1. The molecule has 0 bridgehead atoms. The second-order valence-corrected chi connectivity index (χ2v) is 5.09. The van der Waals surface area contributed by atoms with Gasteiger partial charge in [-0.1, -0.05) is 13.8 Å². The van der Waals surface area contributed by atoms with Gasteiger partial charge in [0.05, 0.1) is 19.4 Å². The predicted octanol–water partition coefficient (Wildman–Crippen LogP) is 2.02. The van der Waals surface area contributed by atoms with Crippen LogP contribution in [-0.4, -0.2) is 44.7 Å². The van der Waals surface area contributed by atoms with E-state index in [9.17, 15) is 4.79 Å². The number of methoxy groups -OCH3 is 2. The maximum absolute atomic E-state index is 12.5. The second kappa shape index (κ2) is 7.75. The van der Waals surface area contributed by atoms with Crippen LogP contribution in [-0.2, 0) is 4.74 Å². The van der Waals surface area contributed by atoms with Gasteiger partial charge in [-0.2, -0.15) is 0 Å². The molecule has 0 aliphatic carbocycles. The van der Waals surface area contributed by atoms with Gasteiger partial charge in [0, 0.05) is 25.8 Å². The number of rotatable bonds is 7. The van der Waals surface area contributed by atoms with Crippen LogP contribution in [0.2, 0.25) is 0 Å². The summed E-state index contributed by atoms with van der Waals surface area (Å²) >= 11 is 0. The van der Waals surface area contributed by atoms with Crippen LogP contribution in [0.25, 0.3) is 0 Å². The second-order valence-electron chi connectivity index (χ2n) is 5.09.